The Morgan fingerprint density at radius 1 is 1.24 bits per heavy atom. The maximum atomic E-state index is 12.3. The average Bonchev–Trinajstić information content (AvgIpc) is 3.19. The van der Waals surface area contributed by atoms with Crippen LogP contribution in [0.2, 0.25) is 0 Å². The zero-order valence-corrected chi connectivity index (χ0v) is 11.8. The monoisotopic (exact) mass is 285 g/mol. The van der Waals surface area contributed by atoms with Gasteiger partial charge in [0.25, 0.3) is 0 Å². The highest BCUT2D eigenvalue weighted by Crippen LogP contribution is 2.31. The lowest BCUT2D eigenvalue weighted by atomic mass is 9.95. The molecule has 6 nitrogen and oxygen atoms in total. The summed E-state index contributed by atoms with van der Waals surface area (Å²) in [5.74, 6) is 0.438. The molecular weight excluding hydrogens is 266 g/mol. The van der Waals surface area contributed by atoms with Gasteiger partial charge in [0.15, 0.2) is 0 Å². The van der Waals surface area contributed by atoms with E-state index in [2.05, 4.69) is 15.5 Å². The van der Waals surface area contributed by atoms with Crippen molar-refractivity contribution < 1.29 is 4.79 Å². The van der Waals surface area contributed by atoms with Crippen molar-refractivity contribution in [1.82, 2.24) is 15.0 Å². The summed E-state index contributed by atoms with van der Waals surface area (Å²) in [4.78, 5) is 13.8. The summed E-state index contributed by atoms with van der Waals surface area (Å²) in [6.45, 7) is 0.585. The minimum Gasteiger partial charge on any atom is -0.330 e. The molecule has 1 heterocycles. The molecule has 0 radical (unpaired) electrons. The van der Waals surface area contributed by atoms with Crippen molar-refractivity contribution in [3.63, 3.8) is 0 Å². The molecule has 0 aliphatic heterocycles. The Morgan fingerprint density at radius 3 is 2.62 bits per heavy atom. The molecular formula is C15H19N5O. The molecule has 2 atom stereocenters. The number of nitrogens with zero attached hydrogens (tertiary/aromatic N) is 3. The van der Waals surface area contributed by atoms with Crippen molar-refractivity contribution in [3.05, 3.63) is 36.7 Å². The van der Waals surface area contributed by atoms with Gasteiger partial charge in [0.05, 0.1) is 18.1 Å². The van der Waals surface area contributed by atoms with Crippen LogP contribution in [0.5, 0.6) is 0 Å². The molecule has 21 heavy (non-hydrogen) atoms. The quantitative estimate of drug-likeness (QED) is 0.893. The minimum atomic E-state index is 0.0439. The van der Waals surface area contributed by atoms with Crippen molar-refractivity contribution in [3.8, 4) is 5.69 Å². The first-order valence-electron chi connectivity index (χ1n) is 7.25. The molecule has 110 valence electrons. The third kappa shape index (κ3) is 2.95. The SMILES string of the molecule is NC[C@H]1CCC[C@H]1C(=O)Nc1ccc(-n2nccn2)cc1. The molecule has 1 aromatic heterocycles. The first-order valence-corrected chi connectivity index (χ1v) is 7.25. The van der Waals surface area contributed by atoms with Gasteiger partial charge in [-0.25, -0.2) is 0 Å². The molecule has 1 aromatic carbocycles. The predicted octanol–water partition coefficient (Wildman–Crippen LogP) is 1.58. The predicted molar refractivity (Wildman–Crippen MR) is 79.9 cm³/mol. The lowest BCUT2D eigenvalue weighted by molar-refractivity contribution is -0.120. The molecule has 0 saturated heterocycles. The van der Waals surface area contributed by atoms with E-state index in [1.807, 2.05) is 24.3 Å². The van der Waals surface area contributed by atoms with Gasteiger partial charge >= 0.3 is 0 Å². The first-order chi connectivity index (χ1) is 10.3. The normalized spacial score (nSPS) is 21.4. The zero-order valence-electron chi connectivity index (χ0n) is 11.8. The Kier molecular flexibility index (Phi) is 3.96. The molecule has 1 amide bonds. The fraction of sp³-hybridized carbons (Fsp3) is 0.400. The molecule has 3 N–H and O–H groups in total. The number of anilines is 1. The topological polar surface area (TPSA) is 85.8 Å². The number of aromatic nitrogens is 3. The maximum absolute atomic E-state index is 12.3. The van der Waals surface area contributed by atoms with Crippen LogP contribution in [0.15, 0.2) is 36.7 Å². The van der Waals surface area contributed by atoms with E-state index in [1.54, 1.807) is 12.4 Å². The van der Waals surface area contributed by atoms with E-state index in [0.717, 1.165) is 30.6 Å². The van der Waals surface area contributed by atoms with Crippen LogP contribution in [0.4, 0.5) is 5.69 Å². The zero-order chi connectivity index (χ0) is 14.7. The Morgan fingerprint density at radius 2 is 1.95 bits per heavy atom. The van der Waals surface area contributed by atoms with E-state index in [4.69, 9.17) is 5.73 Å². The third-order valence-electron chi connectivity index (χ3n) is 4.08. The van der Waals surface area contributed by atoms with Gasteiger partial charge in [-0.15, -0.1) is 0 Å². The van der Waals surface area contributed by atoms with Crippen LogP contribution >= 0.6 is 0 Å². The molecule has 0 unspecified atom stereocenters. The lowest BCUT2D eigenvalue weighted by Gasteiger charge is -2.17. The lowest BCUT2D eigenvalue weighted by Crippen LogP contribution is -2.29. The number of hydrogen-bond donors (Lipinski definition) is 2. The standard InChI is InChI=1S/C15H19N5O/c16-10-11-2-1-3-14(11)15(21)19-12-4-6-13(7-5-12)20-17-8-9-18-20/h4-9,11,14H,1-3,10,16H2,(H,19,21)/t11-,14-/m1/s1. The van der Waals surface area contributed by atoms with Crippen LogP contribution < -0.4 is 11.1 Å². The summed E-state index contributed by atoms with van der Waals surface area (Å²) in [5, 5.41) is 11.1. The van der Waals surface area contributed by atoms with Crippen molar-refractivity contribution >= 4 is 11.6 Å². The van der Waals surface area contributed by atoms with Gasteiger partial charge in [0.2, 0.25) is 5.91 Å². The van der Waals surface area contributed by atoms with Gasteiger partial charge in [-0.1, -0.05) is 6.42 Å². The van der Waals surface area contributed by atoms with Crippen LogP contribution in [-0.2, 0) is 4.79 Å². The summed E-state index contributed by atoms with van der Waals surface area (Å²) in [7, 11) is 0. The average molecular weight is 285 g/mol. The smallest absolute Gasteiger partial charge is 0.227 e. The van der Waals surface area contributed by atoms with E-state index in [0.29, 0.717) is 12.5 Å². The van der Waals surface area contributed by atoms with E-state index >= 15 is 0 Å². The molecule has 6 heteroatoms. The van der Waals surface area contributed by atoms with Crippen LogP contribution in [0.25, 0.3) is 5.69 Å². The van der Waals surface area contributed by atoms with Crippen molar-refractivity contribution in [2.75, 3.05) is 11.9 Å². The second-order valence-corrected chi connectivity index (χ2v) is 5.39. The van der Waals surface area contributed by atoms with Gasteiger partial charge in [-0.2, -0.15) is 15.0 Å². The van der Waals surface area contributed by atoms with Gasteiger partial charge in [0.1, 0.15) is 0 Å². The number of benzene rings is 1. The van der Waals surface area contributed by atoms with E-state index < -0.39 is 0 Å². The van der Waals surface area contributed by atoms with Gasteiger partial charge in [-0.05, 0) is 49.6 Å². The number of nitrogens with two attached hydrogens (primary N) is 1. The summed E-state index contributed by atoms with van der Waals surface area (Å²) in [6, 6.07) is 7.49. The Bertz CT molecular complexity index is 593. The molecule has 2 aromatic rings. The third-order valence-corrected chi connectivity index (χ3v) is 4.08. The van der Waals surface area contributed by atoms with Crippen LogP contribution in [0, 0.1) is 11.8 Å². The highest BCUT2D eigenvalue weighted by Gasteiger charge is 2.31. The largest absolute Gasteiger partial charge is 0.330 e. The fourth-order valence-electron chi connectivity index (χ4n) is 2.93. The van der Waals surface area contributed by atoms with Crippen LogP contribution in [0.1, 0.15) is 19.3 Å². The summed E-state index contributed by atoms with van der Waals surface area (Å²) in [5.41, 5.74) is 7.38. The first kappa shape index (κ1) is 13.8. The molecule has 1 aliphatic carbocycles. The molecule has 0 spiro atoms. The summed E-state index contributed by atoms with van der Waals surface area (Å²) >= 11 is 0. The van der Waals surface area contributed by atoms with E-state index in [1.165, 1.54) is 4.80 Å². The number of hydrogen-bond acceptors (Lipinski definition) is 4. The van der Waals surface area contributed by atoms with Crippen LogP contribution in [0.3, 0.4) is 0 Å². The van der Waals surface area contributed by atoms with Gasteiger partial charge < -0.3 is 11.1 Å². The number of rotatable bonds is 4. The van der Waals surface area contributed by atoms with Gasteiger partial charge in [-0.3, -0.25) is 4.79 Å². The fourth-order valence-corrected chi connectivity index (χ4v) is 2.93. The Hall–Kier alpha value is -2.21. The van der Waals surface area contributed by atoms with Crippen molar-refractivity contribution in [1.29, 1.82) is 0 Å². The highest BCUT2D eigenvalue weighted by molar-refractivity contribution is 5.93. The number of carbonyl (C=O) groups excluding carboxylic acids is 1. The van der Waals surface area contributed by atoms with Gasteiger partial charge in [0, 0.05) is 11.6 Å². The Balaban J connectivity index is 1.66. The molecule has 1 fully saturated rings. The van der Waals surface area contributed by atoms with E-state index in [9.17, 15) is 4.79 Å². The summed E-state index contributed by atoms with van der Waals surface area (Å²) in [6.07, 6.45) is 6.33. The highest BCUT2D eigenvalue weighted by atomic mass is 16.1. The second-order valence-electron chi connectivity index (χ2n) is 5.39. The summed E-state index contributed by atoms with van der Waals surface area (Å²) < 4.78 is 0. The second kappa shape index (κ2) is 6.05. The Labute approximate surface area is 123 Å². The molecule has 0 bridgehead atoms. The van der Waals surface area contributed by atoms with Crippen LogP contribution in [-0.4, -0.2) is 27.4 Å². The number of nitrogens with one attached hydrogen (secondary N) is 1. The minimum absolute atomic E-state index is 0.0439. The number of amides is 1. The molecule has 3 rings (SSSR count). The molecule has 1 saturated carbocycles. The number of carbonyl (C=O) groups is 1. The molecule has 1 aliphatic rings. The van der Waals surface area contributed by atoms with Crippen molar-refractivity contribution in [2.45, 2.75) is 19.3 Å². The van der Waals surface area contributed by atoms with E-state index in [-0.39, 0.29) is 11.8 Å². The maximum Gasteiger partial charge on any atom is 0.227 e. The van der Waals surface area contributed by atoms with Crippen molar-refractivity contribution in [2.24, 2.45) is 17.6 Å².